The number of quaternary nitrogens is 2. The molecule has 67 heavy (non-hydrogen) atoms. The maximum absolute atomic E-state index is 12.9. The third kappa shape index (κ3) is 11.5. The molecular formula is C53H70N2O12+2. The van der Waals surface area contributed by atoms with Crippen LogP contribution in [0, 0.1) is 6.92 Å². The van der Waals surface area contributed by atoms with E-state index in [9.17, 15) is 9.59 Å². The Labute approximate surface area is 396 Å². The first-order chi connectivity index (χ1) is 32.3. The Morgan fingerprint density at radius 3 is 1.34 bits per heavy atom. The molecule has 4 aromatic rings. The van der Waals surface area contributed by atoms with Gasteiger partial charge in [-0.1, -0.05) is 12.1 Å². The van der Waals surface area contributed by atoms with Crippen LogP contribution in [0.1, 0.15) is 63.9 Å². The monoisotopic (exact) mass is 926 g/mol. The minimum Gasteiger partial charge on any atom is -0.496 e. The van der Waals surface area contributed by atoms with E-state index in [0.29, 0.717) is 58.2 Å². The fourth-order valence-corrected chi connectivity index (χ4v) is 10.1. The highest BCUT2D eigenvalue weighted by Gasteiger charge is 2.41. The van der Waals surface area contributed by atoms with Crippen LogP contribution in [0.4, 0.5) is 0 Å². The molecule has 0 N–H and O–H groups in total. The maximum atomic E-state index is 12.9. The van der Waals surface area contributed by atoms with Gasteiger partial charge in [0.25, 0.3) is 0 Å². The lowest BCUT2D eigenvalue weighted by Crippen LogP contribution is -2.52. The van der Waals surface area contributed by atoms with Gasteiger partial charge in [0.1, 0.15) is 17.8 Å². The van der Waals surface area contributed by atoms with Crippen LogP contribution in [0.2, 0.25) is 0 Å². The summed E-state index contributed by atoms with van der Waals surface area (Å²) in [6.07, 6.45) is 6.73. The lowest BCUT2D eigenvalue weighted by molar-refractivity contribution is -0.941. The van der Waals surface area contributed by atoms with Crippen LogP contribution in [-0.4, -0.2) is 131 Å². The second-order valence-electron chi connectivity index (χ2n) is 17.8. The van der Waals surface area contributed by atoms with Crippen LogP contribution >= 0.6 is 0 Å². The molecule has 2 aliphatic rings. The standard InChI is InChI=1S/C53H70N2O12/c1-35-26-36(14-15-44(35)58-4)27-42-40-33-47(61-7)45(59-5)31-38(40)18-22-54(42,2)20-12-24-66-51(56)16-17-52(57)67-25-13-21-55(3)23-19-39-32-46(60-6)48(62-8)34-41(39)43(55)28-37-29-49(63-9)53(65-11)50(30-37)64-10/h14-17,26,29-34,42-43H,12-13,18-25,27-28H2,1-11H3/q+2/b17-16-. The zero-order valence-corrected chi connectivity index (χ0v) is 41.3. The Morgan fingerprint density at radius 2 is 0.940 bits per heavy atom. The Balaban J connectivity index is 1.05. The average molecular weight is 927 g/mol. The number of hydrogen-bond donors (Lipinski definition) is 0. The van der Waals surface area contributed by atoms with Gasteiger partial charge in [-0.15, -0.1) is 0 Å². The average Bonchev–Trinajstić information content (AvgIpc) is 3.34. The van der Waals surface area contributed by atoms with Crippen LogP contribution in [-0.2, 0) is 44.7 Å². The Bertz CT molecular complexity index is 2370. The SMILES string of the molecule is COc1ccc(CC2c3cc(OC)c(OC)cc3CC[N+]2(C)CCCOC(=O)/C=C\C(=O)OCCC[N+]2(C)CCc3cc(OC)c(OC)cc3C2Cc2cc(OC)c(OC)c(OC)c2)cc1C. The predicted molar refractivity (Wildman–Crippen MR) is 255 cm³/mol. The number of likely N-dealkylation sites (N-methyl/N-ethyl adjacent to an activating group) is 2. The fraction of sp³-hybridized carbons (Fsp3) is 0.472. The molecule has 0 saturated carbocycles. The second kappa shape index (κ2) is 22.6. The summed E-state index contributed by atoms with van der Waals surface area (Å²) in [7, 11) is 17.6. The van der Waals surface area contributed by atoms with Crippen molar-refractivity contribution in [3.8, 4) is 46.0 Å². The van der Waals surface area contributed by atoms with E-state index in [2.05, 4.69) is 57.4 Å². The van der Waals surface area contributed by atoms with Crippen molar-refractivity contribution in [2.24, 2.45) is 0 Å². The number of aryl methyl sites for hydroxylation is 1. The highest BCUT2D eigenvalue weighted by molar-refractivity contribution is 5.91. The van der Waals surface area contributed by atoms with Crippen LogP contribution in [0.5, 0.6) is 46.0 Å². The van der Waals surface area contributed by atoms with Crippen LogP contribution < -0.4 is 37.9 Å². The third-order valence-corrected chi connectivity index (χ3v) is 13.8. The topological polar surface area (TPSA) is 126 Å². The normalized spacial score (nSPS) is 19.7. The molecule has 4 aromatic carbocycles. The molecule has 4 atom stereocenters. The van der Waals surface area contributed by atoms with Gasteiger partial charge >= 0.3 is 11.9 Å². The van der Waals surface area contributed by atoms with E-state index >= 15 is 0 Å². The van der Waals surface area contributed by atoms with Gasteiger partial charge in [0.05, 0.1) is 110 Å². The first-order valence-electron chi connectivity index (χ1n) is 22.9. The van der Waals surface area contributed by atoms with Gasteiger partial charge in [0.2, 0.25) is 5.75 Å². The van der Waals surface area contributed by atoms with E-state index in [1.807, 2.05) is 18.2 Å². The minimum atomic E-state index is -0.594. The molecule has 0 amide bonds. The first kappa shape index (κ1) is 50.3. The van der Waals surface area contributed by atoms with Gasteiger partial charge in [-0.3, -0.25) is 0 Å². The number of rotatable bonds is 22. The largest absolute Gasteiger partial charge is 0.496 e. The molecule has 0 aromatic heterocycles. The van der Waals surface area contributed by atoms with E-state index < -0.39 is 11.9 Å². The smallest absolute Gasteiger partial charge is 0.331 e. The van der Waals surface area contributed by atoms with E-state index in [1.54, 1.807) is 56.9 Å². The van der Waals surface area contributed by atoms with Crippen molar-refractivity contribution in [3.63, 3.8) is 0 Å². The minimum absolute atomic E-state index is 0.0169. The van der Waals surface area contributed by atoms with Crippen molar-refractivity contribution in [2.75, 3.05) is 110 Å². The Hall–Kier alpha value is -6.12. The van der Waals surface area contributed by atoms with Gasteiger partial charge in [-0.05, 0) is 77.2 Å². The summed E-state index contributed by atoms with van der Waals surface area (Å²) in [6.45, 7) is 5.74. The quantitative estimate of drug-likeness (QED) is 0.0331. The molecule has 0 fully saturated rings. The van der Waals surface area contributed by atoms with Gasteiger partial charge in [0, 0.05) is 61.8 Å². The summed E-state index contributed by atoms with van der Waals surface area (Å²) in [5.74, 6) is 4.19. The number of fused-ring (bicyclic) bond motifs is 2. The van der Waals surface area contributed by atoms with Crippen molar-refractivity contribution in [3.05, 3.63) is 106 Å². The van der Waals surface area contributed by atoms with Crippen LogP contribution in [0.3, 0.4) is 0 Å². The van der Waals surface area contributed by atoms with E-state index in [0.717, 1.165) is 84.7 Å². The Kier molecular flexibility index (Phi) is 17.0. The number of esters is 2. The van der Waals surface area contributed by atoms with Crippen molar-refractivity contribution in [1.82, 2.24) is 0 Å². The summed E-state index contributed by atoms with van der Waals surface area (Å²) >= 11 is 0. The molecule has 14 heteroatoms. The lowest BCUT2D eigenvalue weighted by atomic mass is 9.86. The summed E-state index contributed by atoms with van der Waals surface area (Å²) in [5, 5.41) is 0. The zero-order chi connectivity index (χ0) is 48.3. The van der Waals surface area contributed by atoms with Gasteiger partial charge in [-0.2, -0.15) is 0 Å². The van der Waals surface area contributed by atoms with Crippen molar-refractivity contribution in [1.29, 1.82) is 0 Å². The van der Waals surface area contributed by atoms with Gasteiger partial charge in [0.15, 0.2) is 34.5 Å². The number of methoxy groups -OCH3 is 8. The summed E-state index contributed by atoms with van der Waals surface area (Å²) in [4.78, 5) is 25.7. The number of carbonyl (C=O) groups is 2. The first-order valence-corrected chi connectivity index (χ1v) is 22.9. The van der Waals surface area contributed by atoms with E-state index in [1.165, 1.54) is 27.8 Å². The molecule has 362 valence electrons. The molecule has 6 rings (SSSR count). The number of benzene rings is 4. The van der Waals surface area contributed by atoms with Crippen LogP contribution in [0.25, 0.3) is 0 Å². The summed E-state index contributed by atoms with van der Waals surface area (Å²) in [6, 6.07) is 18.9. The maximum Gasteiger partial charge on any atom is 0.331 e. The number of nitrogens with zero attached hydrogens (tertiary/aromatic N) is 2. The number of hydrogen-bond acceptors (Lipinski definition) is 12. The van der Waals surface area contributed by atoms with E-state index in [-0.39, 0.29) is 25.3 Å². The molecule has 0 radical (unpaired) electrons. The highest BCUT2D eigenvalue weighted by atomic mass is 16.5. The van der Waals surface area contributed by atoms with E-state index in [4.69, 9.17) is 47.4 Å². The molecule has 0 bridgehead atoms. The zero-order valence-electron chi connectivity index (χ0n) is 41.3. The van der Waals surface area contributed by atoms with Crippen LogP contribution in [0.15, 0.2) is 66.7 Å². The molecular weight excluding hydrogens is 857 g/mol. The van der Waals surface area contributed by atoms with Crippen molar-refractivity contribution in [2.45, 2.75) is 57.5 Å². The van der Waals surface area contributed by atoms with Crippen molar-refractivity contribution < 1.29 is 65.9 Å². The van der Waals surface area contributed by atoms with Gasteiger partial charge < -0.3 is 56.3 Å². The molecule has 2 heterocycles. The van der Waals surface area contributed by atoms with Crippen molar-refractivity contribution >= 4 is 11.9 Å². The second-order valence-corrected chi connectivity index (χ2v) is 17.8. The molecule has 0 saturated heterocycles. The summed E-state index contributed by atoms with van der Waals surface area (Å²) < 4.78 is 58.0. The van der Waals surface area contributed by atoms with Gasteiger partial charge in [-0.25, -0.2) is 9.59 Å². The number of ether oxygens (including phenoxy) is 10. The highest BCUT2D eigenvalue weighted by Crippen LogP contribution is 2.46. The predicted octanol–water partition coefficient (Wildman–Crippen LogP) is 7.76. The molecule has 4 unspecified atom stereocenters. The summed E-state index contributed by atoms with van der Waals surface area (Å²) in [5.41, 5.74) is 8.17. The molecule has 2 aliphatic heterocycles. The Morgan fingerprint density at radius 1 is 0.522 bits per heavy atom. The molecule has 0 aliphatic carbocycles. The molecule has 14 nitrogen and oxygen atoms in total. The third-order valence-electron chi connectivity index (χ3n) is 13.8. The fourth-order valence-electron chi connectivity index (χ4n) is 10.1. The molecule has 0 spiro atoms. The number of carbonyl (C=O) groups excluding carboxylic acids is 2. The lowest BCUT2D eigenvalue weighted by Gasteiger charge is -2.46.